The predicted octanol–water partition coefficient (Wildman–Crippen LogP) is 3.05. The maximum Gasteiger partial charge on any atom is 0.191 e. The van der Waals surface area contributed by atoms with Crippen LogP contribution in [0.2, 0.25) is 0 Å². The lowest BCUT2D eigenvalue weighted by Gasteiger charge is -2.12. The minimum absolute atomic E-state index is 0.121. The molecular weight excluding hydrogens is 277 g/mol. The number of nitrogens with one attached hydrogen (secondary N) is 2. The number of aliphatic imine (C=N–C) groups is 1. The van der Waals surface area contributed by atoms with Crippen molar-refractivity contribution < 1.29 is 4.39 Å². The lowest BCUT2D eigenvalue weighted by molar-refractivity contribution is 0.607. The molecule has 0 amide bonds. The van der Waals surface area contributed by atoms with Gasteiger partial charge in [-0.3, -0.25) is 4.99 Å². The molecule has 3 rings (SSSR count). The molecule has 0 radical (unpaired) electrons. The topological polar surface area (TPSA) is 36.4 Å². The van der Waals surface area contributed by atoms with Gasteiger partial charge in [0.25, 0.3) is 0 Å². The molecule has 22 heavy (non-hydrogen) atoms. The minimum atomic E-state index is -0.121. The van der Waals surface area contributed by atoms with E-state index in [2.05, 4.69) is 27.8 Å². The number of halogens is 1. The summed E-state index contributed by atoms with van der Waals surface area (Å²) in [6, 6.07) is 17.4. The van der Waals surface area contributed by atoms with Crippen molar-refractivity contribution in [2.24, 2.45) is 4.99 Å². The van der Waals surface area contributed by atoms with Gasteiger partial charge in [-0.25, -0.2) is 4.39 Å². The number of benzene rings is 2. The van der Waals surface area contributed by atoms with Crippen molar-refractivity contribution >= 4 is 5.96 Å². The third kappa shape index (κ3) is 3.45. The fraction of sp³-hybridized carbons (Fsp3) is 0.278. The van der Waals surface area contributed by atoms with Gasteiger partial charge in [0.2, 0.25) is 0 Å². The second kappa shape index (κ2) is 6.60. The molecule has 3 nitrogen and oxygen atoms in total. The lowest BCUT2D eigenvalue weighted by atomic mass is 10.1. The van der Waals surface area contributed by atoms with E-state index >= 15 is 0 Å². The summed E-state index contributed by atoms with van der Waals surface area (Å²) in [4.78, 5) is 4.23. The van der Waals surface area contributed by atoms with E-state index in [0.29, 0.717) is 0 Å². The number of hydrogen-bond donors (Lipinski definition) is 2. The SMILES string of the molecule is CN=C(NCc1ccccc1)NC1CC1c1ccccc1F. The normalized spacial score (nSPS) is 20.5. The number of rotatable bonds is 4. The molecule has 2 N–H and O–H groups in total. The molecule has 0 saturated heterocycles. The second-order valence-corrected chi connectivity index (χ2v) is 5.53. The van der Waals surface area contributed by atoms with Gasteiger partial charge < -0.3 is 10.6 Å². The van der Waals surface area contributed by atoms with E-state index in [4.69, 9.17) is 0 Å². The summed E-state index contributed by atoms with van der Waals surface area (Å²) in [5, 5.41) is 6.65. The first kappa shape index (κ1) is 14.6. The van der Waals surface area contributed by atoms with Crippen LogP contribution in [0.1, 0.15) is 23.5 Å². The Balaban J connectivity index is 1.54. The molecule has 4 heteroatoms. The molecule has 0 aromatic heterocycles. The van der Waals surface area contributed by atoms with Crippen molar-refractivity contribution in [3.05, 3.63) is 71.5 Å². The lowest BCUT2D eigenvalue weighted by Crippen LogP contribution is -2.38. The zero-order valence-electron chi connectivity index (χ0n) is 12.6. The number of guanidine groups is 1. The van der Waals surface area contributed by atoms with Gasteiger partial charge >= 0.3 is 0 Å². The van der Waals surface area contributed by atoms with Crippen LogP contribution in [0.3, 0.4) is 0 Å². The maximum atomic E-state index is 13.8. The van der Waals surface area contributed by atoms with Crippen LogP contribution in [-0.2, 0) is 6.54 Å². The van der Waals surface area contributed by atoms with Gasteiger partial charge in [-0.2, -0.15) is 0 Å². The van der Waals surface area contributed by atoms with Crippen molar-refractivity contribution in [3.8, 4) is 0 Å². The Morgan fingerprint density at radius 3 is 2.59 bits per heavy atom. The Labute approximate surface area is 130 Å². The first-order chi connectivity index (χ1) is 10.8. The van der Waals surface area contributed by atoms with Crippen LogP contribution in [0.4, 0.5) is 4.39 Å². The van der Waals surface area contributed by atoms with E-state index in [-0.39, 0.29) is 17.8 Å². The van der Waals surface area contributed by atoms with E-state index in [1.807, 2.05) is 30.3 Å². The molecule has 1 saturated carbocycles. The van der Waals surface area contributed by atoms with E-state index in [9.17, 15) is 4.39 Å². The minimum Gasteiger partial charge on any atom is -0.353 e. The fourth-order valence-electron chi connectivity index (χ4n) is 2.63. The molecule has 114 valence electrons. The fourth-order valence-corrected chi connectivity index (χ4v) is 2.63. The first-order valence-electron chi connectivity index (χ1n) is 7.53. The highest BCUT2D eigenvalue weighted by Crippen LogP contribution is 2.41. The van der Waals surface area contributed by atoms with E-state index in [1.54, 1.807) is 13.1 Å². The Morgan fingerprint density at radius 2 is 1.86 bits per heavy atom. The van der Waals surface area contributed by atoms with Gasteiger partial charge in [-0.15, -0.1) is 0 Å². The largest absolute Gasteiger partial charge is 0.353 e. The average Bonchev–Trinajstić information content (AvgIpc) is 3.32. The molecule has 1 fully saturated rings. The summed E-state index contributed by atoms with van der Waals surface area (Å²) in [7, 11) is 1.75. The van der Waals surface area contributed by atoms with Crippen LogP contribution in [0.15, 0.2) is 59.6 Å². The van der Waals surface area contributed by atoms with Gasteiger partial charge in [-0.05, 0) is 23.6 Å². The van der Waals surface area contributed by atoms with Crippen LogP contribution in [0.5, 0.6) is 0 Å². The summed E-state index contributed by atoms with van der Waals surface area (Å²) in [6.45, 7) is 0.720. The molecule has 0 bridgehead atoms. The van der Waals surface area contributed by atoms with Crippen molar-refractivity contribution in [1.29, 1.82) is 0 Å². The summed E-state index contributed by atoms with van der Waals surface area (Å²) in [5.74, 6) is 0.869. The molecule has 1 aliphatic rings. The molecule has 2 aromatic rings. The van der Waals surface area contributed by atoms with Crippen LogP contribution in [0, 0.1) is 5.82 Å². The molecule has 0 spiro atoms. The van der Waals surface area contributed by atoms with Crippen molar-refractivity contribution in [3.63, 3.8) is 0 Å². The summed E-state index contributed by atoms with van der Waals surface area (Å²) < 4.78 is 13.8. The molecule has 2 unspecified atom stereocenters. The highest BCUT2D eigenvalue weighted by Gasteiger charge is 2.40. The van der Waals surface area contributed by atoms with Crippen LogP contribution >= 0.6 is 0 Å². The molecule has 2 aromatic carbocycles. The van der Waals surface area contributed by atoms with Crippen LogP contribution in [0.25, 0.3) is 0 Å². The summed E-state index contributed by atoms with van der Waals surface area (Å²) in [5.41, 5.74) is 1.99. The Hall–Kier alpha value is -2.36. The number of hydrogen-bond acceptors (Lipinski definition) is 1. The maximum absolute atomic E-state index is 13.8. The highest BCUT2D eigenvalue weighted by molar-refractivity contribution is 5.80. The number of nitrogens with zero attached hydrogens (tertiary/aromatic N) is 1. The monoisotopic (exact) mass is 297 g/mol. The van der Waals surface area contributed by atoms with Gasteiger partial charge in [0.05, 0.1) is 0 Å². The smallest absolute Gasteiger partial charge is 0.191 e. The quantitative estimate of drug-likeness (QED) is 0.672. The highest BCUT2D eigenvalue weighted by atomic mass is 19.1. The zero-order valence-corrected chi connectivity index (χ0v) is 12.6. The summed E-state index contributed by atoms with van der Waals surface area (Å²) >= 11 is 0. The molecule has 1 aliphatic carbocycles. The van der Waals surface area contributed by atoms with Gasteiger partial charge in [0.1, 0.15) is 5.82 Å². The van der Waals surface area contributed by atoms with Gasteiger partial charge in [0.15, 0.2) is 5.96 Å². The summed E-state index contributed by atoms with van der Waals surface area (Å²) in [6.07, 6.45) is 0.937. The Bertz CT molecular complexity index is 654. The third-order valence-electron chi connectivity index (χ3n) is 3.94. The van der Waals surface area contributed by atoms with Crippen LogP contribution < -0.4 is 10.6 Å². The standard InChI is InChI=1S/C18H20FN3/c1-20-18(21-12-13-7-3-2-4-8-13)22-17-11-15(17)14-9-5-6-10-16(14)19/h2-10,15,17H,11-12H2,1H3,(H2,20,21,22). The molecule has 0 aliphatic heterocycles. The van der Waals surface area contributed by atoms with Crippen molar-refractivity contribution in [2.75, 3.05) is 7.05 Å². The van der Waals surface area contributed by atoms with E-state index < -0.39 is 0 Å². The third-order valence-corrected chi connectivity index (χ3v) is 3.94. The average molecular weight is 297 g/mol. The second-order valence-electron chi connectivity index (χ2n) is 5.53. The van der Waals surface area contributed by atoms with Crippen LogP contribution in [-0.4, -0.2) is 19.0 Å². The van der Waals surface area contributed by atoms with Gasteiger partial charge in [-0.1, -0.05) is 48.5 Å². The Morgan fingerprint density at radius 1 is 1.14 bits per heavy atom. The molecule has 0 heterocycles. The van der Waals surface area contributed by atoms with Crippen molar-refractivity contribution in [1.82, 2.24) is 10.6 Å². The Kier molecular flexibility index (Phi) is 4.37. The first-order valence-corrected chi connectivity index (χ1v) is 7.53. The zero-order chi connectivity index (χ0) is 15.4. The van der Waals surface area contributed by atoms with E-state index in [0.717, 1.165) is 24.5 Å². The molecular formula is C18H20FN3. The molecule has 2 atom stereocenters. The van der Waals surface area contributed by atoms with E-state index in [1.165, 1.54) is 11.6 Å². The predicted molar refractivity (Wildman–Crippen MR) is 87.3 cm³/mol. The van der Waals surface area contributed by atoms with Crippen molar-refractivity contribution in [2.45, 2.75) is 24.9 Å². The van der Waals surface area contributed by atoms with Gasteiger partial charge in [0, 0.05) is 25.6 Å².